The van der Waals surface area contributed by atoms with Crippen molar-refractivity contribution in [1.29, 1.82) is 0 Å². The monoisotopic (exact) mass is 208 g/mol. The predicted octanol–water partition coefficient (Wildman–Crippen LogP) is -0.750. The average molecular weight is 208 g/mol. The molecule has 0 aromatic rings. The van der Waals surface area contributed by atoms with Gasteiger partial charge in [-0.25, -0.2) is 0 Å². The summed E-state index contributed by atoms with van der Waals surface area (Å²) in [6, 6.07) is 0.111. The molecule has 1 aliphatic rings. The van der Waals surface area contributed by atoms with E-state index >= 15 is 0 Å². The number of hydrogen-bond acceptors (Lipinski definition) is 3. The van der Waals surface area contributed by atoms with Crippen LogP contribution in [-0.2, 0) is 10.2 Å². The van der Waals surface area contributed by atoms with Crippen LogP contribution in [0.5, 0.6) is 0 Å². The minimum atomic E-state index is -3.33. The molecule has 0 spiro atoms. The molecule has 1 rings (SSSR count). The van der Waals surface area contributed by atoms with Crippen LogP contribution in [0.25, 0.3) is 0 Å². The van der Waals surface area contributed by atoms with Gasteiger partial charge in [0.05, 0.1) is 6.61 Å². The second kappa shape index (κ2) is 3.91. The van der Waals surface area contributed by atoms with Gasteiger partial charge in [0, 0.05) is 26.7 Å². The third-order valence-corrected chi connectivity index (χ3v) is 4.03. The van der Waals surface area contributed by atoms with Crippen molar-refractivity contribution < 1.29 is 13.5 Å². The molecule has 0 heterocycles. The maximum Gasteiger partial charge on any atom is 0.281 e. The van der Waals surface area contributed by atoms with Gasteiger partial charge in [-0.2, -0.15) is 17.0 Å². The molecule has 0 aromatic heterocycles. The number of nitrogens with zero attached hydrogens (tertiary/aromatic N) is 2. The zero-order chi connectivity index (χ0) is 10.1. The molecule has 0 amide bonds. The third kappa shape index (κ3) is 2.40. The molecule has 1 saturated carbocycles. The first kappa shape index (κ1) is 10.9. The van der Waals surface area contributed by atoms with Gasteiger partial charge in [0.2, 0.25) is 0 Å². The first-order valence-corrected chi connectivity index (χ1v) is 5.70. The lowest BCUT2D eigenvalue weighted by Gasteiger charge is -2.24. The molecular weight excluding hydrogens is 192 g/mol. The van der Waals surface area contributed by atoms with Gasteiger partial charge in [0.15, 0.2) is 0 Å². The lowest BCUT2D eigenvalue weighted by atomic mass is 10.6. The Labute approximate surface area is 79.1 Å². The summed E-state index contributed by atoms with van der Waals surface area (Å²) >= 11 is 0. The van der Waals surface area contributed by atoms with Crippen LogP contribution in [0.1, 0.15) is 12.8 Å². The van der Waals surface area contributed by atoms with Crippen molar-refractivity contribution in [2.45, 2.75) is 18.9 Å². The number of aliphatic hydroxyl groups excluding tert-OH is 1. The summed E-state index contributed by atoms with van der Waals surface area (Å²) in [6.45, 7) is 0.0781. The number of hydrogen-bond donors (Lipinski definition) is 1. The molecule has 0 atom stereocenters. The van der Waals surface area contributed by atoms with Crippen LogP contribution in [0.2, 0.25) is 0 Å². The summed E-state index contributed by atoms with van der Waals surface area (Å²) in [5.74, 6) is 0. The molecule has 0 unspecified atom stereocenters. The van der Waals surface area contributed by atoms with Crippen molar-refractivity contribution in [1.82, 2.24) is 8.61 Å². The standard InChI is InChI=1S/C7H16N2O3S/c1-8(2)13(11,12)9(5-6-10)7-3-4-7/h7,10H,3-6H2,1-2H3. The Bertz CT molecular complexity index is 259. The molecule has 6 heteroatoms. The first-order chi connectivity index (χ1) is 6.00. The van der Waals surface area contributed by atoms with E-state index in [-0.39, 0.29) is 19.2 Å². The molecule has 0 radical (unpaired) electrons. The van der Waals surface area contributed by atoms with Gasteiger partial charge in [-0.05, 0) is 12.8 Å². The van der Waals surface area contributed by atoms with Crippen LogP contribution in [-0.4, -0.2) is 55.4 Å². The fourth-order valence-corrected chi connectivity index (χ4v) is 2.48. The largest absolute Gasteiger partial charge is 0.395 e. The van der Waals surface area contributed by atoms with Crippen molar-refractivity contribution in [3.63, 3.8) is 0 Å². The summed E-state index contributed by atoms with van der Waals surface area (Å²) in [5, 5.41) is 8.73. The van der Waals surface area contributed by atoms with E-state index in [0.29, 0.717) is 0 Å². The molecule has 78 valence electrons. The molecular formula is C7H16N2O3S. The Balaban J connectivity index is 2.73. The van der Waals surface area contributed by atoms with Crippen molar-refractivity contribution in [3.05, 3.63) is 0 Å². The zero-order valence-electron chi connectivity index (χ0n) is 7.97. The second-order valence-corrected chi connectivity index (χ2v) is 5.45. The van der Waals surface area contributed by atoms with E-state index in [9.17, 15) is 8.42 Å². The molecule has 13 heavy (non-hydrogen) atoms. The normalized spacial score (nSPS) is 18.5. The van der Waals surface area contributed by atoms with Gasteiger partial charge in [0.1, 0.15) is 0 Å². The smallest absolute Gasteiger partial charge is 0.281 e. The van der Waals surface area contributed by atoms with E-state index < -0.39 is 10.2 Å². The van der Waals surface area contributed by atoms with Crippen LogP contribution in [0.4, 0.5) is 0 Å². The van der Waals surface area contributed by atoms with Crippen LogP contribution in [0.3, 0.4) is 0 Å². The fourth-order valence-electron chi connectivity index (χ4n) is 1.16. The van der Waals surface area contributed by atoms with Gasteiger partial charge < -0.3 is 5.11 Å². The Morgan fingerprint density at radius 2 is 1.92 bits per heavy atom. The SMILES string of the molecule is CN(C)S(=O)(=O)N(CCO)C1CC1. The highest BCUT2D eigenvalue weighted by Crippen LogP contribution is 2.29. The van der Waals surface area contributed by atoms with E-state index in [0.717, 1.165) is 12.8 Å². The minimum Gasteiger partial charge on any atom is -0.395 e. The topological polar surface area (TPSA) is 60.9 Å². The Morgan fingerprint density at radius 1 is 1.38 bits per heavy atom. The van der Waals surface area contributed by atoms with Crippen molar-refractivity contribution in [2.24, 2.45) is 0 Å². The van der Waals surface area contributed by atoms with Gasteiger partial charge in [-0.15, -0.1) is 0 Å². The highest BCUT2D eigenvalue weighted by Gasteiger charge is 2.37. The lowest BCUT2D eigenvalue weighted by molar-refractivity contribution is 0.244. The highest BCUT2D eigenvalue weighted by molar-refractivity contribution is 7.86. The van der Waals surface area contributed by atoms with E-state index in [1.807, 2.05) is 0 Å². The summed E-state index contributed by atoms with van der Waals surface area (Å²) in [7, 11) is -0.327. The van der Waals surface area contributed by atoms with E-state index in [4.69, 9.17) is 5.11 Å². The fraction of sp³-hybridized carbons (Fsp3) is 1.00. The summed E-state index contributed by atoms with van der Waals surface area (Å²) < 4.78 is 25.8. The predicted molar refractivity (Wildman–Crippen MR) is 49.4 cm³/mol. The summed E-state index contributed by atoms with van der Waals surface area (Å²) in [4.78, 5) is 0. The Hall–Kier alpha value is -0.170. The van der Waals surface area contributed by atoms with Crippen molar-refractivity contribution in [3.8, 4) is 0 Å². The van der Waals surface area contributed by atoms with Gasteiger partial charge in [-0.3, -0.25) is 0 Å². The molecule has 0 saturated heterocycles. The van der Waals surface area contributed by atoms with E-state index in [1.54, 1.807) is 0 Å². The Kier molecular flexibility index (Phi) is 3.28. The number of aliphatic hydroxyl groups is 1. The first-order valence-electron chi connectivity index (χ1n) is 4.30. The van der Waals surface area contributed by atoms with Crippen LogP contribution in [0.15, 0.2) is 0 Å². The maximum absolute atomic E-state index is 11.6. The highest BCUT2D eigenvalue weighted by atomic mass is 32.2. The summed E-state index contributed by atoms with van der Waals surface area (Å²) in [5.41, 5.74) is 0. The van der Waals surface area contributed by atoms with Crippen molar-refractivity contribution >= 4 is 10.2 Å². The molecule has 1 aliphatic carbocycles. The number of rotatable bonds is 5. The molecule has 0 aliphatic heterocycles. The maximum atomic E-state index is 11.6. The van der Waals surface area contributed by atoms with Crippen LogP contribution in [0, 0.1) is 0 Å². The van der Waals surface area contributed by atoms with Gasteiger partial charge >= 0.3 is 0 Å². The van der Waals surface area contributed by atoms with Gasteiger partial charge in [-0.1, -0.05) is 0 Å². The van der Waals surface area contributed by atoms with Crippen LogP contribution >= 0.6 is 0 Å². The molecule has 0 aromatic carbocycles. The minimum absolute atomic E-state index is 0.111. The van der Waals surface area contributed by atoms with Crippen molar-refractivity contribution in [2.75, 3.05) is 27.2 Å². The molecule has 5 nitrogen and oxygen atoms in total. The summed E-state index contributed by atoms with van der Waals surface area (Å²) in [6.07, 6.45) is 1.82. The quantitative estimate of drug-likeness (QED) is 0.646. The van der Waals surface area contributed by atoms with E-state index in [2.05, 4.69) is 0 Å². The third-order valence-electron chi connectivity index (χ3n) is 2.03. The molecule has 0 bridgehead atoms. The zero-order valence-corrected chi connectivity index (χ0v) is 8.79. The average Bonchev–Trinajstić information content (AvgIpc) is 2.82. The Morgan fingerprint density at radius 3 is 2.23 bits per heavy atom. The second-order valence-electron chi connectivity index (χ2n) is 3.36. The molecule has 1 fully saturated rings. The van der Waals surface area contributed by atoms with E-state index in [1.165, 1.54) is 22.7 Å². The molecule has 1 N–H and O–H groups in total. The van der Waals surface area contributed by atoms with Gasteiger partial charge in [0.25, 0.3) is 10.2 Å². The van der Waals surface area contributed by atoms with Crippen LogP contribution < -0.4 is 0 Å². The lowest BCUT2D eigenvalue weighted by Crippen LogP contribution is -2.42.